The maximum Gasteiger partial charge on any atom is 0.269 e. The van der Waals surface area contributed by atoms with E-state index in [0.29, 0.717) is 12.6 Å². The second kappa shape index (κ2) is 7.15. The first-order chi connectivity index (χ1) is 11.2. The van der Waals surface area contributed by atoms with E-state index in [1.807, 2.05) is 18.2 Å². The first-order valence-electron chi connectivity index (χ1n) is 7.72. The lowest BCUT2D eigenvalue weighted by Crippen LogP contribution is -2.45. The summed E-state index contributed by atoms with van der Waals surface area (Å²) in [5, 5.41) is 22.4. The van der Waals surface area contributed by atoms with E-state index in [1.54, 1.807) is 18.3 Å². The fourth-order valence-corrected chi connectivity index (χ4v) is 2.86. The summed E-state index contributed by atoms with van der Waals surface area (Å²) >= 11 is 0. The molecule has 7 nitrogen and oxygen atoms in total. The van der Waals surface area contributed by atoms with Gasteiger partial charge in [0.05, 0.1) is 4.92 Å². The van der Waals surface area contributed by atoms with Crippen LogP contribution in [0.4, 0.5) is 11.5 Å². The number of nitrogens with zero attached hydrogens (tertiary/aromatic N) is 4. The monoisotopic (exact) mass is 313 g/mol. The zero-order valence-electron chi connectivity index (χ0n) is 12.8. The van der Waals surface area contributed by atoms with Gasteiger partial charge in [-0.1, -0.05) is 12.1 Å². The van der Waals surface area contributed by atoms with E-state index in [2.05, 4.69) is 20.4 Å². The topological polar surface area (TPSA) is 84.2 Å². The number of benzene rings is 1. The van der Waals surface area contributed by atoms with E-state index in [0.717, 1.165) is 37.3 Å². The summed E-state index contributed by atoms with van der Waals surface area (Å²) in [6.45, 7) is 2.47. The first-order valence-corrected chi connectivity index (χ1v) is 7.72. The van der Waals surface area contributed by atoms with Crippen molar-refractivity contribution in [1.82, 2.24) is 15.5 Å². The third-order valence-corrected chi connectivity index (χ3v) is 4.02. The van der Waals surface area contributed by atoms with Gasteiger partial charge in [-0.2, -0.15) is 5.10 Å². The molecule has 3 rings (SSSR count). The Morgan fingerprint density at radius 2 is 2.26 bits per heavy atom. The van der Waals surface area contributed by atoms with Crippen molar-refractivity contribution in [1.29, 1.82) is 0 Å². The number of piperidine rings is 1. The number of hydrogen-bond acceptors (Lipinski definition) is 6. The van der Waals surface area contributed by atoms with Crippen LogP contribution in [0.15, 0.2) is 42.6 Å². The third-order valence-electron chi connectivity index (χ3n) is 4.02. The molecule has 0 spiro atoms. The van der Waals surface area contributed by atoms with Gasteiger partial charge in [-0.25, -0.2) is 0 Å². The van der Waals surface area contributed by atoms with Gasteiger partial charge in [0.1, 0.15) is 0 Å². The number of nitro groups is 1. The number of nitrogens with one attached hydrogen (secondary N) is 1. The fraction of sp³-hybridized carbons (Fsp3) is 0.375. The molecule has 1 N–H and O–H groups in total. The molecule has 1 saturated heterocycles. The van der Waals surface area contributed by atoms with Crippen LogP contribution in [0.3, 0.4) is 0 Å². The Bertz CT molecular complexity index is 665. The second-order valence-corrected chi connectivity index (χ2v) is 5.67. The number of nitro benzene ring substituents is 1. The molecule has 1 aliphatic heterocycles. The van der Waals surface area contributed by atoms with Gasteiger partial charge in [-0.3, -0.25) is 10.1 Å². The van der Waals surface area contributed by atoms with Crippen molar-refractivity contribution in [2.24, 2.45) is 0 Å². The van der Waals surface area contributed by atoms with Crippen molar-refractivity contribution >= 4 is 11.5 Å². The van der Waals surface area contributed by atoms with Crippen LogP contribution in [0.25, 0.3) is 0 Å². The predicted octanol–water partition coefficient (Wildman–Crippen LogP) is 2.14. The standard InChI is InChI=1S/C16H19N5O2/c22-21(23)15-6-1-4-13(10-15)11-17-14-5-3-9-20(12-14)16-7-2-8-18-19-16/h1-2,4,6-8,10,14,17H,3,5,9,11-12H2. The van der Waals surface area contributed by atoms with Gasteiger partial charge >= 0.3 is 0 Å². The van der Waals surface area contributed by atoms with Crippen LogP contribution in [0.1, 0.15) is 18.4 Å². The van der Waals surface area contributed by atoms with Crippen LogP contribution in [0.2, 0.25) is 0 Å². The van der Waals surface area contributed by atoms with Gasteiger partial charge in [-0.05, 0) is 30.5 Å². The molecule has 0 radical (unpaired) electrons. The summed E-state index contributed by atoms with van der Waals surface area (Å²) in [6.07, 6.45) is 3.85. The number of aromatic nitrogens is 2. The molecule has 0 amide bonds. The summed E-state index contributed by atoms with van der Waals surface area (Å²) in [6, 6.07) is 11.0. The lowest BCUT2D eigenvalue weighted by molar-refractivity contribution is -0.384. The Kier molecular flexibility index (Phi) is 4.77. The fourth-order valence-electron chi connectivity index (χ4n) is 2.86. The molecule has 23 heavy (non-hydrogen) atoms. The van der Waals surface area contributed by atoms with Gasteiger partial charge in [0.2, 0.25) is 0 Å². The molecule has 1 aromatic heterocycles. The zero-order chi connectivity index (χ0) is 16.1. The average Bonchev–Trinajstić information content (AvgIpc) is 2.61. The maximum atomic E-state index is 10.8. The Labute approximate surface area is 134 Å². The highest BCUT2D eigenvalue weighted by Gasteiger charge is 2.20. The largest absolute Gasteiger partial charge is 0.354 e. The molecule has 1 aliphatic rings. The van der Waals surface area contributed by atoms with Crippen molar-refractivity contribution in [2.75, 3.05) is 18.0 Å². The van der Waals surface area contributed by atoms with Crippen LogP contribution in [-0.2, 0) is 6.54 Å². The first kappa shape index (κ1) is 15.4. The highest BCUT2D eigenvalue weighted by atomic mass is 16.6. The van der Waals surface area contributed by atoms with Gasteiger partial charge in [0.15, 0.2) is 5.82 Å². The highest BCUT2D eigenvalue weighted by molar-refractivity contribution is 5.37. The average molecular weight is 313 g/mol. The molecule has 120 valence electrons. The zero-order valence-corrected chi connectivity index (χ0v) is 12.8. The Balaban J connectivity index is 1.58. The Hall–Kier alpha value is -2.54. The summed E-state index contributed by atoms with van der Waals surface area (Å²) < 4.78 is 0. The summed E-state index contributed by atoms with van der Waals surface area (Å²) in [4.78, 5) is 12.7. The van der Waals surface area contributed by atoms with E-state index in [-0.39, 0.29) is 10.6 Å². The lowest BCUT2D eigenvalue weighted by Gasteiger charge is -2.33. The molecule has 2 heterocycles. The summed E-state index contributed by atoms with van der Waals surface area (Å²) in [5.41, 5.74) is 1.06. The molecule has 0 saturated carbocycles. The SMILES string of the molecule is O=[N+]([O-])c1cccc(CNC2CCCN(c3cccnn3)C2)c1. The van der Waals surface area contributed by atoms with E-state index in [9.17, 15) is 10.1 Å². The van der Waals surface area contributed by atoms with Crippen LogP contribution in [0.5, 0.6) is 0 Å². The van der Waals surface area contributed by atoms with Crippen LogP contribution in [-0.4, -0.2) is 34.3 Å². The minimum absolute atomic E-state index is 0.133. The minimum Gasteiger partial charge on any atom is -0.354 e. The van der Waals surface area contributed by atoms with Crippen molar-refractivity contribution in [3.8, 4) is 0 Å². The summed E-state index contributed by atoms with van der Waals surface area (Å²) in [7, 11) is 0. The summed E-state index contributed by atoms with van der Waals surface area (Å²) in [5.74, 6) is 0.898. The van der Waals surface area contributed by atoms with Gasteiger partial charge in [0, 0.05) is 44.0 Å². The quantitative estimate of drug-likeness (QED) is 0.672. The van der Waals surface area contributed by atoms with Crippen molar-refractivity contribution in [3.05, 3.63) is 58.3 Å². The van der Waals surface area contributed by atoms with E-state index in [4.69, 9.17) is 0 Å². The van der Waals surface area contributed by atoms with Gasteiger partial charge in [0.25, 0.3) is 5.69 Å². The second-order valence-electron chi connectivity index (χ2n) is 5.67. The van der Waals surface area contributed by atoms with Crippen LogP contribution < -0.4 is 10.2 Å². The Morgan fingerprint density at radius 3 is 3.04 bits per heavy atom. The lowest BCUT2D eigenvalue weighted by atomic mass is 10.1. The molecular weight excluding hydrogens is 294 g/mol. The van der Waals surface area contributed by atoms with Crippen LogP contribution >= 0.6 is 0 Å². The maximum absolute atomic E-state index is 10.8. The molecule has 1 fully saturated rings. The molecule has 1 atom stereocenters. The predicted molar refractivity (Wildman–Crippen MR) is 87.2 cm³/mol. The molecule has 2 aromatic rings. The number of rotatable bonds is 5. The normalized spacial score (nSPS) is 17.9. The van der Waals surface area contributed by atoms with Gasteiger partial charge < -0.3 is 10.2 Å². The van der Waals surface area contributed by atoms with Crippen molar-refractivity contribution < 1.29 is 4.92 Å². The molecule has 0 bridgehead atoms. The highest BCUT2D eigenvalue weighted by Crippen LogP contribution is 2.18. The van der Waals surface area contributed by atoms with E-state index in [1.165, 1.54) is 6.07 Å². The molecule has 1 aromatic carbocycles. The minimum atomic E-state index is -0.361. The smallest absolute Gasteiger partial charge is 0.269 e. The molecule has 7 heteroatoms. The van der Waals surface area contributed by atoms with Crippen LogP contribution in [0, 0.1) is 10.1 Å². The van der Waals surface area contributed by atoms with Crippen molar-refractivity contribution in [3.63, 3.8) is 0 Å². The third kappa shape index (κ3) is 4.01. The number of hydrogen-bond donors (Lipinski definition) is 1. The number of non-ortho nitro benzene ring substituents is 1. The van der Waals surface area contributed by atoms with E-state index < -0.39 is 0 Å². The van der Waals surface area contributed by atoms with Gasteiger partial charge in [-0.15, -0.1) is 5.10 Å². The van der Waals surface area contributed by atoms with E-state index >= 15 is 0 Å². The van der Waals surface area contributed by atoms with Crippen molar-refractivity contribution in [2.45, 2.75) is 25.4 Å². The Morgan fingerprint density at radius 1 is 1.35 bits per heavy atom. The molecular formula is C16H19N5O2. The number of anilines is 1. The molecule has 1 unspecified atom stereocenters. The molecule has 0 aliphatic carbocycles.